The monoisotopic (exact) mass is 1570 g/mol. The van der Waals surface area contributed by atoms with E-state index in [0.29, 0.717) is 44.9 Å². The fraction of sp³-hybridized carbons (Fsp3) is 0.582. The first-order chi connectivity index (χ1) is 53.7. The average Bonchev–Trinajstić information content (AvgIpc) is 0.907. The highest BCUT2D eigenvalue weighted by Gasteiger charge is 2.30. The Morgan fingerprint density at radius 3 is 0.827 bits per heavy atom. The van der Waals surface area contributed by atoms with Crippen LogP contribution in [0.5, 0.6) is 0 Å². The normalized spacial score (nSPS) is 14.9. The smallest absolute Gasteiger partial charge is 0.462 e. The van der Waals surface area contributed by atoms with Crippen LogP contribution in [0.15, 0.2) is 207 Å². The minimum atomic E-state index is -5.03. The van der Waals surface area contributed by atoms with E-state index >= 15 is 0 Å². The molecule has 0 aliphatic heterocycles. The van der Waals surface area contributed by atoms with Gasteiger partial charge in [-0.3, -0.25) is 37.3 Å². The van der Waals surface area contributed by atoms with Gasteiger partial charge in [0.05, 0.1) is 26.4 Å². The van der Waals surface area contributed by atoms with Gasteiger partial charge in [0.15, 0.2) is 12.2 Å². The van der Waals surface area contributed by atoms with Gasteiger partial charge in [-0.15, -0.1) is 0 Å². The Kier molecular flexibility index (Phi) is 76.0. The number of esters is 4. The van der Waals surface area contributed by atoms with Crippen molar-refractivity contribution in [1.29, 1.82) is 0 Å². The number of ether oxygens (including phenoxy) is 4. The van der Waals surface area contributed by atoms with Crippen LogP contribution in [0.3, 0.4) is 0 Å². The largest absolute Gasteiger partial charge is 0.472 e. The number of hydrogen-bond donors (Lipinski definition) is 3. The van der Waals surface area contributed by atoms with Crippen molar-refractivity contribution in [2.75, 3.05) is 39.6 Å². The van der Waals surface area contributed by atoms with Gasteiger partial charge in [0.25, 0.3) is 0 Å². The topological polar surface area (TPSA) is 237 Å². The molecule has 0 fully saturated rings. The molecule has 5 atom stereocenters. The Morgan fingerprint density at radius 1 is 0.264 bits per heavy atom. The summed E-state index contributed by atoms with van der Waals surface area (Å²) < 4.78 is 68.5. The van der Waals surface area contributed by atoms with Gasteiger partial charge in [-0.1, -0.05) is 298 Å². The van der Waals surface area contributed by atoms with Crippen molar-refractivity contribution in [2.45, 2.75) is 303 Å². The van der Waals surface area contributed by atoms with Crippen LogP contribution in [0, 0.1) is 0 Å². The van der Waals surface area contributed by atoms with E-state index in [0.717, 1.165) is 128 Å². The van der Waals surface area contributed by atoms with Crippen LogP contribution in [0.1, 0.15) is 285 Å². The van der Waals surface area contributed by atoms with E-state index in [1.807, 2.05) is 48.6 Å². The summed E-state index contributed by atoms with van der Waals surface area (Å²) in [6.07, 6.45) is 101. The average molecular weight is 1570 g/mol. The Bertz CT molecular complexity index is 2900. The number of hydrogen-bond acceptors (Lipinski definition) is 15. The Balaban J connectivity index is 5.60. The minimum absolute atomic E-state index is 0.0430. The molecule has 3 N–H and O–H groups in total. The highest BCUT2D eigenvalue weighted by Crippen LogP contribution is 2.45. The van der Waals surface area contributed by atoms with Crippen molar-refractivity contribution in [3.05, 3.63) is 207 Å². The summed E-state index contributed by atoms with van der Waals surface area (Å²) in [6, 6.07) is 0. The molecule has 620 valence electrons. The fourth-order valence-corrected chi connectivity index (χ4v) is 11.6. The molecule has 0 spiro atoms. The number of unbranched alkanes of at least 4 members (excludes halogenated alkanes) is 15. The molecule has 0 saturated heterocycles. The summed E-state index contributed by atoms with van der Waals surface area (Å²) in [5, 5.41) is 10.7. The zero-order valence-corrected chi connectivity index (χ0v) is 69.6. The van der Waals surface area contributed by atoms with Crippen molar-refractivity contribution in [3.63, 3.8) is 0 Å². The highest BCUT2D eigenvalue weighted by atomic mass is 31.2. The molecule has 0 aliphatic carbocycles. The van der Waals surface area contributed by atoms with Crippen LogP contribution in [-0.4, -0.2) is 96.7 Å². The maximum atomic E-state index is 13.1. The van der Waals surface area contributed by atoms with Crippen LogP contribution in [0.2, 0.25) is 0 Å². The molecule has 0 aromatic rings. The first kappa shape index (κ1) is 104. The van der Waals surface area contributed by atoms with E-state index in [1.165, 1.54) is 57.8 Å². The molecular weight excluding hydrogens is 1430 g/mol. The maximum Gasteiger partial charge on any atom is 0.472 e. The van der Waals surface area contributed by atoms with Crippen LogP contribution in [0.25, 0.3) is 0 Å². The second-order valence-electron chi connectivity index (χ2n) is 26.6. The fourth-order valence-electron chi connectivity index (χ4n) is 10.0. The molecule has 0 aliphatic rings. The van der Waals surface area contributed by atoms with E-state index in [4.69, 9.17) is 37.0 Å². The third kappa shape index (κ3) is 79.7. The van der Waals surface area contributed by atoms with E-state index in [2.05, 4.69) is 186 Å². The minimum Gasteiger partial charge on any atom is -0.462 e. The number of carbonyl (C=O) groups is 4. The quantitative estimate of drug-likeness (QED) is 0.0169. The molecule has 0 aromatic carbocycles. The first-order valence-corrected chi connectivity index (χ1v) is 44.3. The molecule has 19 heteroatoms. The lowest BCUT2D eigenvalue weighted by atomic mass is 10.1. The lowest BCUT2D eigenvalue weighted by molar-refractivity contribution is -0.161. The number of rotatable bonds is 75. The summed E-state index contributed by atoms with van der Waals surface area (Å²) in [5.74, 6) is -2.47. The predicted octanol–water partition coefficient (Wildman–Crippen LogP) is 24.7. The molecule has 0 amide bonds. The van der Waals surface area contributed by atoms with Crippen molar-refractivity contribution in [1.82, 2.24) is 0 Å². The maximum absolute atomic E-state index is 13.1. The molecule has 0 saturated carbocycles. The zero-order valence-electron chi connectivity index (χ0n) is 67.8. The third-order valence-electron chi connectivity index (χ3n) is 16.2. The standard InChI is InChI=1S/C91H144O17P2/c1-5-9-13-17-21-25-29-33-37-40-42-45-49-53-57-61-65-69-73-77-90(95)107-86(81-101-88(93)75-71-67-63-59-55-51-47-36-32-28-24-20-16-12-8-4)83-105-109(97,98)103-79-85(92)80-104-110(99,100)106-84-87(82-102-89(94)76-72-68-64-60-56-52-48-44-39-35-31-27-23-19-15-11-7-3)108-91(96)78-74-70-66-62-58-54-50-46-43-41-38-34-30-26-22-18-14-10-6-2/h9-10,13-14,21-23,25-27,33-39,42-43,45-48,52-54,57-58,60,64-66,69-70,85-87,92H,5-8,11-12,15-20,24,28-32,40-41,44,49-51,55-56,59,61-63,67-68,71-84H2,1-4H3,(H,97,98)(H,99,100)/b13-9-,14-10-,25-21-,26-22-,27-23-,37-33-,38-34-,39-35-,45-42-,46-43-,47-36-,52-48-,57-53-,58-54-,64-60-,69-65-,70-66-/t85-,86+,87+/m0/s1. The van der Waals surface area contributed by atoms with Crippen LogP contribution >= 0.6 is 15.6 Å². The Hall–Kier alpha value is -6.36. The molecule has 0 rings (SSSR count). The van der Waals surface area contributed by atoms with Gasteiger partial charge in [0.2, 0.25) is 0 Å². The van der Waals surface area contributed by atoms with Gasteiger partial charge in [0.1, 0.15) is 19.3 Å². The zero-order chi connectivity index (χ0) is 80.3. The van der Waals surface area contributed by atoms with Gasteiger partial charge in [-0.25, -0.2) is 9.13 Å². The van der Waals surface area contributed by atoms with E-state index in [9.17, 15) is 43.2 Å². The number of aliphatic hydroxyl groups is 1. The van der Waals surface area contributed by atoms with Gasteiger partial charge in [0, 0.05) is 25.7 Å². The Labute approximate surface area is 665 Å². The summed E-state index contributed by atoms with van der Waals surface area (Å²) >= 11 is 0. The number of phosphoric acid groups is 2. The molecule has 0 radical (unpaired) electrons. The molecule has 2 unspecified atom stereocenters. The van der Waals surface area contributed by atoms with Gasteiger partial charge in [-0.2, -0.15) is 0 Å². The predicted molar refractivity (Wildman–Crippen MR) is 454 cm³/mol. The third-order valence-corrected chi connectivity index (χ3v) is 18.1. The molecule has 0 heterocycles. The number of phosphoric ester groups is 2. The van der Waals surface area contributed by atoms with Crippen LogP contribution in [-0.2, 0) is 65.4 Å². The van der Waals surface area contributed by atoms with Crippen LogP contribution < -0.4 is 0 Å². The van der Waals surface area contributed by atoms with Crippen LogP contribution in [0.4, 0.5) is 0 Å². The van der Waals surface area contributed by atoms with Crippen molar-refractivity contribution < 1.29 is 80.2 Å². The van der Waals surface area contributed by atoms with E-state index < -0.39 is 97.5 Å². The number of aliphatic hydroxyl groups excluding tert-OH is 1. The molecule has 17 nitrogen and oxygen atoms in total. The SMILES string of the molecule is CC/C=C\C/C=C\C/C=C\C/C=C\C/C=C\C/C=C\CCC(=O)O[C@H](COC(=O)CCC/C=C\C/C=C\C/C=C\C/C=C\CCCCC)COP(=O)(O)OC[C@@H](O)COP(=O)(O)OC[C@@H](COC(=O)CCCCCCC/C=C\CCCCCCCC)OC(=O)CC/C=C\C/C=C\C/C=C\C/C=C\C/C=C\C/C=C\CC. The van der Waals surface area contributed by atoms with Crippen molar-refractivity contribution in [2.24, 2.45) is 0 Å². The van der Waals surface area contributed by atoms with E-state index in [1.54, 1.807) is 0 Å². The van der Waals surface area contributed by atoms with E-state index in [-0.39, 0.29) is 25.7 Å². The summed E-state index contributed by atoms with van der Waals surface area (Å²) in [6.45, 7) is 4.34. The molecule has 110 heavy (non-hydrogen) atoms. The summed E-state index contributed by atoms with van der Waals surface area (Å²) in [5.41, 5.74) is 0. The first-order valence-electron chi connectivity index (χ1n) is 41.3. The van der Waals surface area contributed by atoms with Gasteiger partial charge in [-0.05, 0) is 167 Å². The summed E-state index contributed by atoms with van der Waals surface area (Å²) in [7, 11) is -10.1. The van der Waals surface area contributed by atoms with Gasteiger partial charge >= 0.3 is 39.5 Å². The van der Waals surface area contributed by atoms with Crippen molar-refractivity contribution >= 4 is 39.5 Å². The van der Waals surface area contributed by atoms with Crippen molar-refractivity contribution in [3.8, 4) is 0 Å². The Morgan fingerprint density at radius 2 is 0.500 bits per heavy atom. The molecule has 0 bridgehead atoms. The molecule has 0 aromatic heterocycles. The molecular formula is C91H144O17P2. The van der Waals surface area contributed by atoms with Gasteiger partial charge < -0.3 is 33.8 Å². The summed E-state index contributed by atoms with van der Waals surface area (Å²) in [4.78, 5) is 73.1. The number of allylic oxidation sites excluding steroid dienone is 34. The highest BCUT2D eigenvalue weighted by molar-refractivity contribution is 7.47. The second kappa shape index (κ2) is 80.7. The second-order valence-corrected chi connectivity index (χ2v) is 29.5. The lowest BCUT2D eigenvalue weighted by Crippen LogP contribution is -2.30. The number of carbonyl (C=O) groups excluding carboxylic acids is 4. The lowest BCUT2D eigenvalue weighted by Gasteiger charge is -2.21.